The van der Waals surface area contributed by atoms with Crippen molar-refractivity contribution < 1.29 is 9.59 Å². The van der Waals surface area contributed by atoms with Crippen LogP contribution in [0.2, 0.25) is 0 Å². The zero-order valence-electron chi connectivity index (χ0n) is 21.6. The van der Waals surface area contributed by atoms with E-state index < -0.39 is 0 Å². The van der Waals surface area contributed by atoms with Gasteiger partial charge >= 0.3 is 0 Å². The minimum absolute atomic E-state index is 0.0637. The van der Waals surface area contributed by atoms with Crippen LogP contribution in [0, 0.1) is 34.5 Å². The van der Waals surface area contributed by atoms with Crippen molar-refractivity contribution in [2.75, 3.05) is 7.05 Å². The van der Waals surface area contributed by atoms with Crippen molar-refractivity contribution in [1.29, 1.82) is 0 Å². The summed E-state index contributed by atoms with van der Waals surface area (Å²) < 4.78 is 0. The van der Waals surface area contributed by atoms with Gasteiger partial charge in [0, 0.05) is 43.2 Å². The average Bonchev–Trinajstić information content (AvgIpc) is 3.45. The molecule has 2 amide bonds. The van der Waals surface area contributed by atoms with E-state index in [1.807, 2.05) is 18.1 Å². The molecule has 4 aliphatic rings. The summed E-state index contributed by atoms with van der Waals surface area (Å²) >= 11 is 0. The van der Waals surface area contributed by atoms with Gasteiger partial charge in [-0.3, -0.25) is 9.59 Å². The number of hydrogen-bond acceptors (Lipinski definition) is 2. The van der Waals surface area contributed by atoms with E-state index in [0.717, 1.165) is 43.2 Å². The first kappa shape index (κ1) is 22.9. The first-order valence-corrected chi connectivity index (χ1v) is 13.5. The zero-order valence-corrected chi connectivity index (χ0v) is 21.6. The molecule has 1 aromatic carbocycles. The summed E-state index contributed by atoms with van der Waals surface area (Å²) in [6.45, 7) is 7.66. The van der Waals surface area contributed by atoms with Crippen molar-refractivity contribution in [2.45, 2.75) is 72.3 Å². The molecule has 1 saturated heterocycles. The minimum Gasteiger partial charge on any atom is -0.361 e. The van der Waals surface area contributed by atoms with Crippen LogP contribution in [0.3, 0.4) is 0 Å². The van der Waals surface area contributed by atoms with E-state index in [-0.39, 0.29) is 28.6 Å². The third-order valence-corrected chi connectivity index (χ3v) is 10.8. The van der Waals surface area contributed by atoms with Gasteiger partial charge in [-0.2, -0.15) is 0 Å². The van der Waals surface area contributed by atoms with E-state index in [0.29, 0.717) is 30.7 Å². The number of rotatable bonds is 3. The number of benzene rings is 1. The second-order valence-corrected chi connectivity index (χ2v) is 12.3. The van der Waals surface area contributed by atoms with E-state index in [1.165, 1.54) is 23.1 Å². The van der Waals surface area contributed by atoms with Crippen LogP contribution in [0.15, 0.2) is 41.7 Å². The van der Waals surface area contributed by atoms with E-state index >= 15 is 0 Å². The molecule has 2 N–H and O–H groups in total. The maximum Gasteiger partial charge on any atom is 0.226 e. The molecule has 0 bridgehead atoms. The molecule has 2 saturated carbocycles. The van der Waals surface area contributed by atoms with E-state index in [4.69, 9.17) is 0 Å². The maximum atomic E-state index is 13.6. The third kappa shape index (κ3) is 3.26. The van der Waals surface area contributed by atoms with Crippen molar-refractivity contribution in [3.63, 3.8) is 0 Å². The predicted octanol–water partition coefficient (Wildman–Crippen LogP) is 5.78. The molecule has 0 spiro atoms. The first-order chi connectivity index (χ1) is 16.7. The average molecular weight is 474 g/mol. The lowest BCUT2D eigenvalue weighted by atomic mass is 9.48. The second kappa shape index (κ2) is 7.97. The summed E-state index contributed by atoms with van der Waals surface area (Å²) in [5, 5.41) is 4.50. The normalized spacial score (nSPS) is 36.7. The van der Waals surface area contributed by atoms with Gasteiger partial charge in [0.1, 0.15) is 0 Å². The molecule has 35 heavy (non-hydrogen) atoms. The van der Waals surface area contributed by atoms with Crippen LogP contribution in [-0.4, -0.2) is 28.7 Å². The summed E-state index contributed by atoms with van der Waals surface area (Å²) in [4.78, 5) is 31.4. The van der Waals surface area contributed by atoms with Crippen molar-refractivity contribution in [3.05, 3.63) is 47.3 Å². The fourth-order valence-corrected chi connectivity index (χ4v) is 9.14. The summed E-state index contributed by atoms with van der Waals surface area (Å²) in [5.74, 6) is 2.40. The summed E-state index contributed by atoms with van der Waals surface area (Å²) in [5.41, 5.74) is 5.13. The Morgan fingerprint density at radius 2 is 1.97 bits per heavy atom. The molecule has 1 aliphatic heterocycles. The minimum atomic E-state index is 0.0637. The highest BCUT2D eigenvalue weighted by atomic mass is 16.2. The molecule has 5 nitrogen and oxygen atoms in total. The molecule has 6 rings (SSSR count). The Morgan fingerprint density at radius 1 is 1.14 bits per heavy atom. The van der Waals surface area contributed by atoms with Gasteiger partial charge in [-0.15, -0.1) is 0 Å². The number of nitrogens with zero attached hydrogens (tertiary/aromatic N) is 1. The number of amides is 2. The number of nitrogens with one attached hydrogen (secondary N) is 2. The monoisotopic (exact) mass is 473 g/mol. The molecule has 2 heterocycles. The molecular weight excluding hydrogens is 434 g/mol. The Morgan fingerprint density at radius 3 is 2.80 bits per heavy atom. The fourth-order valence-electron chi connectivity index (χ4n) is 9.14. The number of likely N-dealkylation sites (tertiary alicyclic amines) is 1. The number of hydrogen-bond donors (Lipinski definition) is 2. The number of H-pyrrole nitrogens is 1. The Balaban J connectivity index is 1.22. The van der Waals surface area contributed by atoms with E-state index in [2.05, 4.69) is 55.3 Å². The van der Waals surface area contributed by atoms with Crippen LogP contribution in [0.25, 0.3) is 10.9 Å². The van der Waals surface area contributed by atoms with E-state index in [1.54, 1.807) is 0 Å². The molecule has 3 aliphatic carbocycles. The number of carbonyl (C=O) groups excluding carboxylic acids is 2. The number of para-hydroxylation sites is 1. The van der Waals surface area contributed by atoms with Crippen molar-refractivity contribution >= 4 is 22.7 Å². The van der Waals surface area contributed by atoms with Gasteiger partial charge < -0.3 is 15.2 Å². The Labute approximate surface area is 208 Å². The molecule has 1 unspecified atom stereocenters. The lowest BCUT2D eigenvalue weighted by molar-refractivity contribution is -0.138. The lowest BCUT2D eigenvalue weighted by Crippen LogP contribution is -2.55. The van der Waals surface area contributed by atoms with Gasteiger partial charge in [-0.1, -0.05) is 37.6 Å². The van der Waals surface area contributed by atoms with Gasteiger partial charge in [0.2, 0.25) is 11.8 Å². The van der Waals surface area contributed by atoms with Crippen molar-refractivity contribution in [3.8, 4) is 0 Å². The molecular formula is C30H39N3O2. The third-order valence-electron chi connectivity index (χ3n) is 10.8. The SMILES string of the molecule is CC1=C2N(C)C(=O)CC[C@]2(C)[C@@H]2CC[C@]3(C)C(C(=O)NCc4cccc5cc[nH]c45)CC[C@H]3[C@@H]2C1. The molecule has 6 atom stereocenters. The van der Waals surface area contributed by atoms with Gasteiger partial charge in [-0.05, 0) is 85.6 Å². The van der Waals surface area contributed by atoms with E-state index in [9.17, 15) is 9.59 Å². The quantitative estimate of drug-likeness (QED) is 0.594. The maximum absolute atomic E-state index is 13.6. The van der Waals surface area contributed by atoms with Gasteiger partial charge in [-0.25, -0.2) is 0 Å². The summed E-state index contributed by atoms with van der Waals surface area (Å²) in [6, 6.07) is 8.35. The number of piperidine rings is 1. The van der Waals surface area contributed by atoms with Crippen LogP contribution in [0.5, 0.6) is 0 Å². The number of allylic oxidation sites excluding steroid dienone is 2. The molecule has 1 aromatic heterocycles. The molecule has 3 fully saturated rings. The summed E-state index contributed by atoms with van der Waals surface area (Å²) in [7, 11) is 1.98. The fraction of sp³-hybridized carbons (Fsp3) is 0.600. The van der Waals surface area contributed by atoms with Crippen molar-refractivity contribution in [1.82, 2.24) is 15.2 Å². The first-order valence-electron chi connectivity index (χ1n) is 13.5. The smallest absolute Gasteiger partial charge is 0.226 e. The van der Waals surface area contributed by atoms with Crippen LogP contribution in [0.4, 0.5) is 0 Å². The molecule has 5 heteroatoms. The molecule has 186 valence electrons. The molecule has 0 radical (unpaired) electrons. The lowest BCUT2D eigenvalue weighted by Gasteiger charge is -2.59. The van der Waals surface area contributed by atoms with Crippen LogP contribution < -0.4 is 5.32 Å². The predicted molar refractivity (Wildman–Crippen MR) is 138 cm³/mol. The second-order valence-electron chi connectivity index (χ2n) is 12.3. The highest BCUT2D eigenvalue weighted by Crippen LogP contribution is 2.66. The number of aromatic amines is 1. The van der Waals surface area contributed by atoms with Crippen LogP contribution >= 0.6 is 0 Å². The largest absolute Gasteiger partial charge is 0.361 e. The van der Waals surface area contributed by atoms with Gasteiger partial charge in [0.15, 0.2) is 0 Å². The van der Waals surface area contributed by atoms with Crippen LogP contribution in [0.1, 0.15) is 71.3 Å². The number of aromatic nitrogens is 1. The Kier molecular flexibility index (Phi) is 5.21. The van der Waals surface area contributed by atoms with Gasteiger partial charge in [0.25, 0.3) is 0 Å². The van der Waals surface area contributed by atoms with Crippen LogP contribution in [-0.2, 0) is 16.1 Å². The number of carbonyl (C=O) groups is 2. The highest BCUT2D eigenvalue weighted by molar-refractivity contribution is 5.84. The highest BCUT2D eigenvalue weighted by Gasteiger charge is 2.61. The Bertz CT molecular complexity index is 1230. The standard InChI is InChI=1S/C30H39N3O2/c1-18-16-21-22-8-9-24(28(35)32-17-20-7-5-6-19-12-15-31-26(19)20)29(22,2)13-10-23(21)30(3)14-11-25(34)33(4)27(18)30/h5-7,12,15,21-24,31H,8-11,13-14,16-17H2,1-4H3,(H,32,35)/t21-,22-,23+,24?,29-,30+/m0/s1. The summed E-state index contributed by atoms with van der Waals surface area (Å²) in [6.07, 6.45) is 9.10. The molecule has 2 aromatic rings. The van der Waals surface area contributed by atoms with Gasteiger partial charge in [0.05, 0.1) is 5.52 Å². The topological polar surface area (TPSA) is 65.2 Å². The zero-order chi connectivity index (χ0) is 24.5. The van der Waals surface area contributed by atoms with Crippen molar-refractivity contribution in [2.24, 2.45) is 34.5 Å². The number of fused-ring (bicyclic) bond motifs is 6. The Hall–Kier alpha value is -2.56.